The van der Waals surface area contributed by atoms with Gasteiger partial charge >= 0.3 is 0 Å². The van der Waals surface area contributed by atoms with Gasteiger partial charge in [-0.2, -0.15) is 0 Å². The van der Waals surface area contributed by atoms with Crippen LogP contribution in [0.15, 0.2) is 0 Å². The van der Waals surface area contributed by atoms with Crippen LogP contribution in [-0.4, -0.2) is 18.9 Å². The van der Waals surface area contributed by atoms with Crippen molar-refractivity contribution in [1.29, 1.82) is 0 Å². The van der Waals surface area contributed by atoms with Gasteiger partial charge in [0.15, 0.2) is 0 Å². The molecule has 14 heavy (non-hydrogen) atoms. The third-order valence-corrected chi connectivity index (χ3v) is 3.59. The molecule has 1 rings (SSSR count). The molecule has 1 heterocycles. The molecule has 1 aliphatic heterocycles. The molecule has 1 aliphatic rings. The number of Topliss-reactive ketones (excluding diaryl/α,β-unsaturated/α-hetero) is 1. The van der Waals surface area contributed by atoms with E-state index in [0.717, 1.165) is 25.4 Å². The molecule has 0 saturated carbocycles. The lowest BCUT2D eigenvalue weighted by Crippen LogP contribution is -2.29. The first kappa shape index (κ1) is 11.7. The van der Waals surface area contributed by atoms with Gasteiger partial charge < -0.3 is 5.32 Å². The number of nitrogens with one attached hydrogen (secondary N) is 1. The highest BCUT2D eigenvalue weighted by atomic mass is 16.1. The molecule has 0 radical (unpaired) electrons. The summed E-state index contributed by atoms with van der Waals surface area (Å²) in [5.74, 6) is 1.17. The van der Waals surface area contributed by atoms with Crippen LogP contribution < -0.4 is 5.32 Å². The lowest BCUT2D eigenvalue weighted by atomic mass is 9.80. The highest BCUT2D eigenvalue weighted by Crippen LogP contribution is 2.28. The Balaban J connectivity index is 2.28. The van der Waals surface area contributed by atoms with Gasteiger partial charge in [0.05, 0.1) is 0 Å². The van der Waals surface area contributed by atoms with Crippen molar-refractivity contribution >= 4 is 5.78 Å². The molecule has 0 bridgehead atoms. The molecule has 0 aromatic rings. The third-order valence-electron chi connectivity index (χ3n) is 3.59. The lowest BCUT2D eigenvalue weighted by molar-refractivity contribution is -0.125. The Kier molecular flexibility index (Phi) is 4.11. The van der Waals surface area contributed by atoms with Crippen molar-refractivity contribution in [2.45, 2.75) is 46.5 Å². The summed E-state index contributed by atoms with van der Waals surface area (Å²) in [5.41, 5.74) is -0.106. The predicted octanol–water partition coefficient (Wildman–Crippen LogP) is 2.38. The van der Waals surface area contributed by atoms with Crippen LogP contribution in [0.2, 0.25) is 0 Å². The zero-order valence-electron chi connectivity index (χ0n) is 9.73. The first-order valence-electron chi connectivity index (χ1n) is 5.74. The molecule has 2 nitrogen and oxygen atoms in total. The molecule has 82 valence electrons. The van der Waals surface area contributed by atoms with Crippen molar-refractivity contribution in [3.8, 4) is 0 Å². The number of carbonyl (C=O) groups excluding carboxylic acids is 1. The van der Waals surface area contributed by atoms with Gasteiger partial charge in [-0.3, -0.25) is 4.79 Å². The molecule has 0 aliphatic carbocycles. The molecule has 1 saturated heterocycles. The highest BCUT2D eigenvalue weighted by Gasteiger charge is 2.25. The average Bonchev–Trinajstić information content (AvgIpc) is 2.16. The molecule has 2 heteroatoms. The van der Waals surface area contributed by atoms with Crippen LogP contribution in [0.5, 0.6) is 0 Å². The number of hydrogen-bond donors (Lipinski definition) is 1. The maximum Gasteiger partial charge on any atom is 0.135 e. The Morgan fingerprint density at radius 1 is 1.36 bits per heavy atom. The normalized spacial score (nSPS) is 19.6. The maximum atomic E-state index is 11.3. The molecule has 0 atom stereocenters. The van der Waals surface area contributed by atoms with Crippen molar-refractivity contribution in [2.24, 2.45) is 11.3 Å². The molecular formula is C12H23NO. The van der Waals surface area contributed by atoms with Crippen LogP contribution in [0.4, 0.5) is 0 Å². The Bertz CT molecular complexity index is 192. The Hall–Kier alpha value is -0.370. The van der Waals surface area contributed by atoms with Crippen molar-refractivity contribution < 1.29 is 4.79 Å². The summed E-state index contributed by atoms with van der Waals surface area (Å²) in [6.45, 7) is 8.16. The van der Waals surface area contributed by atoms with E-state index in [1.54, 1.807) is 6.92 Å². The van der Waals surface area contributed by atoms with Gasteiger partial charge in [0.25, 0.3) is 0 Å². The van der Waals surface area contributed by atoms with E-state index >= 15 is 0 Å². The van der Waals surface area contributed by atoms with Crippen LogP contribution in [-0.2, 0) is 4.79 Å². The monoisotopic (exact) mass is 197 g/mol. The van der Waals surface area contributed by atoms with Gasteiger partial charge in [0.2, 0.25) is 0 Å². The van der Waals surface area contributed by atoms with Crippen LogP contribution in [0.3, 0.4) is 0 Å². The quantitative estimate of drug-likeness (QED) is 0.749. The van der Waals surface area contributed by atoms with E-state index in [4.69, 9.17) is 0 Å². The van der Waals surface area contributed by atoms with Crippen LogP contribution in [0.25, 0.3) is 0 Å². The van der Waals surface area contributed by atoms with E-state index in [2.05, 4.69) is 19.2 Å². The van der Waals surface area contributed by atoms with Gasteiger partial charge in [-0.15, -0.1) is 0 Å². The summed E-state index contributed by atoms with van der Waals surface area (Å²) in [7, 11) is 0. The molecular weight excluding hydrogens is 174 g/mol. The van der Waals surface area contributed by atoms with E-state index in [1.807, 2.05) is 0 Å². The molecule has 1 fully saturated rings. The first-order chi connectivity index (χ1) is 6.52. The van der Waals surface area contributed by atoms with Gasteiger partial charge in [0.1, 0.15) is 5.78 Å². The van der Waals surface area contributed by atoms with Crippen molar-refractivity contribution in [3.05, 3.63) is 0 Å². The van der Waals surface area contributed by atoms with E-state index in [1.165, 1.54) is 19.3 Å². The van der Waals surface area contributed by atoms with Crippen molar-refractivity contribution in [2.75, 3.05) is 13.1 Å². The fourth-order valence-corrected chi connectivity index (χ4v) is 1.91. The summed E-state index contributed by atoms with van der Waals surface area (Å²) in [5, 5.41) is 3.37. The van der Waals surface area contributed by atoms with Gasteiger partial charge in [-0.25, -0.2) is 0 Å². The Labute approximate surface area is 87.5 Å². The summed E-state index contributed by atoms with van der Waals surface area (Å²) in [4.78, 5) is 11.3. The number of rotatable bonds is 4. The van der Waals surface area contributed by atoms with Crippen molar-refractivity contribution in [3.63, 3.8) is 0 Å². The van der Waals surface area contributed by atoms with E-state index in [-0.39, 0.29) is 5.41 Å². The number of hydrogen-bond acceptors (Lipinski definition) is 2. The minimum atomic E-state index is -0.106. The van der Waals surface area contributed by atoms with E-state index in [0.29, 0.717) is 5.78 Å². The smallest absolute Gasteiger partial charge is 0.135 e. The average molecular weight is 197 g/mol. The second-order valence-electron chi connectivity index (χ2n) is 5.17. The van der Waals surface area contributed by atoms with Crippen LogP contribution in [0.1, 0.15) is 46.5 Å². The minimum Gasteiger partial charge on any atom is -0.317 e. The predicted molar refractivity (Wildman–Crippen MR) is 59.3 cm³/mol. The largest absolute Gasteiger partial charge is 0.317 e. The summed E-state index contributed by atoms with van der Waals surface area (Å²) >= 11 is 0. The second-order valence-corrected chi connectivity index (χ2v) is 5.17. The topological polar surface area (TPSA) is 29.1 Å². The number of piperidine rings is 1. The highest BCUT2D eigenvalue weighted by molar-refractivity contribution is 5.81. The SMILES string of the molecule is CC(=O)C(C)(C)CCC1CCNCC1. The Morgan fingerprint density at radius 2 is 1.93 bits per heavy atom. The van der Waals surface area contributed by atoms with E-state index in [9.17, 15) is 4.79 Å². The molecule has 0 aromatic heterocycles. The number of carbonyl (C=O) groups is 1. The lowest BCUT2D eigenvalue weighted by Gasteiger charge is -2.27. The molecule has 0 unspecified atom stereocenters. The van der Waals surface area contributed by atoms with Crippen molar-refractivity contribution in [1.82, 2.24) is 5.32 Å². The minimum absolute atomic E-state index is 0.106. The number of ketones is 1. The summed E-state index contributed by atoms with van der Waals surface area (Å²) in [6.07, 6.45) is 4.84. The third kappa shape index (κ3) is 3.41. The summed E-state index contributed by atoms with van der Waals surface area (Å²) < 4.78 is 0. The maximum absolute atomic E-state index is 11.3. The molecule has 0 spiro atoms. The van der Waals surface area contributed by atoms with Crippen LogP contribution >= 0.6 is 0 Å². The molecule has 0 aromatic carbocycles. The standard InChI is InChI=1S/C12H23NO/c1-10(14)12(2,3)7-4-11-5-8-13-9-6-11/h11,13H,4-9H2,1-3H3. The molecule has 1 N–H and O–H groups in total. The summed E-state index contributed by atoms with van der Waals surface area (Å²) in [6, 6.07) is 0. The van der Waals surface area contributed by atoms with Crippen LogP contribution in [0, 0.1) is 11.3 Å². The van der Waals surface area contributed by atoms with E-state index < -0.39 is 0 Å². The second kappa shape index (κ2) is 4.92. The first-order valence-corrected chi connectivity index (χ1v) is 5.74. The van der Waals surface area contributed by atoms with Gasteiger partial charge in [-0.05, 0) is 51.6 Å². The van der Waals surface area contributed by atoms with Gasteiger partial charge in [-0.1, -0.05) is 13.8 Å². The Morgan fingerprint density at radius 3 is 2.43 bits per heavy atom. The fraction of sp³-hybridized carbons (Fsp3) is 0.917. The zero-order chi connectivity index (χ0) is 10.6. The zero-order valence-corrected chi connectivity index (χ0v) is 9.73. The van der Waals surface area contributed by atoms with Gasteiger partial charge in [0, 0.05) is 5.41 Å². The molecule has 0 amide bonds. The fourth-order valence-electron chi connectivity index (χ4n) is 1.91.